The summed E-state index contributed by atoms with van der Waals surface area (Å²) in [6.07, 6.45) is 0. The number of nitrogen functional groups attached to an aromatic ring is 1. The van der Waals surface area contributed by atoms with Crippen molar-refractivity contribution < 1.29 is 13.2 Å². The van der Waals surface area contributed by atoms with E-state index in [-0.39, 0.29) is 23.1 Å². The van der Waals surface area contributed by atoms with Crippen LogP contribution in [0.15, 0.2) is 18.2 Å². The van der Waals surface area contributed by atoms with Crippen molar-refractivity contribution in [3.8, 4) is 5.75 Å². The van der Waals surface area contributed by atoms with Gasteiger partial charge in [0.25, 0.3) is 0 Å². The molecular weight excluding hydrogens is 280 g/mol. The lowest BCUT2D eigenvalue weighted by Gasteiger charge is -2.23. The molecule has 0 aliphatic rings. The van der Waals surface area contributed by atoms with Gasteiger partial charge in [0.2, 0.25) is 0 Å². The van der Waals surface area contributed by atoms with E-state index >= 15 is 0 Å². The second-order valence-corrected chi connectivity index (χ2v) is 6.24. The molecule has 8 heteroatoms. The van der Waals surface area contributed by atoms with Gasteiger partial charge >= 0.3 is 10.2 Å². The summed E-state index contributed by atoms with van der Waals surface area (Å²) in [6, 6.07) is 4.58. The highest BCUT2D eigenvalue weighted by atomic mass is 32.2. The molecule has 7 nitrogen and oxygen atoms in total. The van der Waals surface area contributed by atoms with Crippen molar-refractivity contribution in [2.45, 2.75) is 19.9 Å². The summed E-state index contributed by atoms with van der Waals surface area (Å²) in [5, 5.41) is 7.52. The van der Waals surface area contributed by atoms with E-state index in [1.165, 1.54) is 18.5 Å². The van der Waals surface area contributed by atoms with E-state index < -0.39 is 10.2 Å². The first-order chi connectivity index (χ1) is 9.20. The van der Waals surface area contributed by atoms with E-state index in [4.69, 9.17) is 15.9 Å². The quantitative estimate of drug-likeness (QED) is 0.537. The van der Waals surface area contributed by atoms with Gasteiger partial charge in [-0.1, -0.05) is 6.07 Å². The molecule has 0 bridgehead atoms. The normalized spacial score (nSPS) is 11.7. The molecule has 0 unspecified atom stereocenters. The molecule has 0 spiro atoms. The monoisotopic (exact) mass is 300 g/mol. The summed E-state index contributed by atoms with van der Waals surface area (Å²) in [5.74, 6) is 0.0623. The third kappa shape index (κ3) is 3.40. The molecule has 0 saturated carbocycles. The first-order valence-corrected chi connectivity index (χ1v) is 7.42. The van der Waals surface area contributed by atoms with E-state index in [1.54, 1.807) is 32.0 Å². The molecule has 0 aliphatic heterocycles. The van der Waals surface area contributed by atoms with Crippen molar-refractivity contribution in [3.63, 3.8) is 0 Å². The van der Waals surface area contributed by atoms with Gasteiger partial charge < -0.3 is 10.5 Å². The molecule has 112 valence electrons. The second-order valence-electron chi connectivity index (χ2n) is 4.51. The van der Waals surface area contributed by atoms with Crippen LogP contribution in [0, 0.1) is 5.41 Å². The zero-order valence-electron chi connectivity index (χ0n) is 12.0. The van der Waals surface area contributed by atoms with Gasteiger partial charge in [-0.2, -0.15) is 12.7 Å². The van der Waals surface area contributed by atoms with Gasteiger partial charge in [0, 0.05) is 18.7 Å². The van der Waals surface area contributed by atoms with Crippen molar-refractivity contribution in [3.05, 3.63) is 23.8 Å². The zero-order valence-corrected chi connectivity index (χ0v) is 12.8. The standard InChI is InChI=1S/C12H20N4O3S/c1-8(2)16(3)20(17,18)15-11-9(12(13)14)6-5-7-10(11)19-4/h5-8,15H,1-4H3,(H3,13,14). The molecule has 0 radical (unpaired) electrons. The maximum absolute atomic E-state index is 12.2. The molecule has 0 saturated heterocycles. The Morgan fingerprint density at radius 1 is 1.45 bits per heavy atom. The number of nitrogens with two attached hydrogens (primary N) is 1. The Labute approximate surface area is 119 Å². The van der Waals surface area contributed by atoms with Gasteiger partial charge in [0.05, 0.1) is 7.11 Å². The van der Waals surface area contributed by atoms with Crippen molar-refractivity contribution >= 4 is 21.7 Å². The molecule has 0 aromatic heterocycles. The number of amidine groups is 1. The lowest BCUT2D eigenvalue weighted by molar-refractivity contribution is 0.410. The minimum absolute atomic E-state index is 0.162. The van der Waals surface area contributed by atoms with Gasteiger partial charge in [-0.05, 0) is 26.0 Å². The molecule has 0 heterocycles. The highest BCUT2D eigenvalue weighted by Gasteiger charge is 2.23. The summed E-state index contributed by atoms with van der Waals surface area (Å²) in [5.41, 5.74) is 5.90. The minimum atomic E-state index is -3.75. The number of hydrogen-bond acceptors (Lipinski definition) is 4. The largest absolute Gasteiger partial charge is 0.495 e. The molecule has 0 aliphatic carbocycles. The number of methoxy groups -OCH3 is 1. The molecule has 20 heavy (non-hydrogen) atoms. The van der Waals surface area contributed by atoms with Crippen LogP contribution < -0.4 is 15.2 Å². The predicted molar refractivity (Wildman–Crippen MR) is 79.5 cm³/mol. The average Bonchev–Trinajstić information content (AvgIpc) is 2.37. The van der Waals surface area contributed by atoms with Gasteiger partial charge in [-0.3, -0.25) is 10.1 Å². The predicted octanol–water partition coefficient (Wildman–Crippen LogP) is 0.976. The second kappa shape index (κ2) is 6.10. The van der Waals surface area contributed by atoms with Gasteiger partial charge in [-0.15, -0.1) is 0 Å². The topological polar surface area (TPSA) is 109 Å². The van der Waals surface area contributed by atoms with Crippen molar-refractivity contribution in [1.82, 2.24) is 4.31 Å². The lowest BCUT2D eigenvalue weighted by atomic mass is 10.1. The van der Waals surface area contributed by atoms with Crippen LogP contribution in [0.5, 0.6) is 5.75 Å². The van der Waals surface area contributed by atoms with Gasteiger partial charge in [0.15, 0.2) is 0 Å². The first kappa shape index (κ1) is 16.3. The van der Waals surface area contributed by atoms with Crippen LogP contribution in [0.1, 0.15) is 19.4 Å². The minimum Gasteiger partial charge on any atom is -0.495 e. The Morgan fingerprint density at radius 3 is 2.50 bits per heavy atom. The van der Waals surface area contributed by atoms with Crippen LogP contribution in [0.25, 0.3) is 0 Å². The Balaban J connectivity index is 3.30. The van der Waals surface area contributed by atoms with Crippen molar-refractivity contribution in [1.29, 1.82) is 5.41 Å². The number of para-hydroxylation sites is 1. The number of nitrogens with zero attached hydrogens (tertiary/aromatic N) is 1. The van der Waals surface area contributed by atoms with Crippen LogP contribution in [0.2, 0.25) is 0 Å². The molecule has 0 fully saturated rings. The van der Waals surface area contributed by atoms with Gasteiger partial charge in [0.1, 0.15) is 17.3 Å². The Hall–Kier alpha value is -1.80. The van der Waals surface area contributed by atoms with Crippen LogP contribution in [-0.2, 0) is 10.2 Å². The SMILES string of the molecule is COc1cccc(C(=N)N)c1NS(=O)(=O)N(C)C(C)C. The van der Waals surface area contributed by atoms with E-state index in [2.05, 4.69) is 4.72 Å². The molecule has 0 amide bonds. The zero-order chi connectivity index (χ0) is 15.5. The fraction of sp³-hybridized carbons (Fsp3) is 0.417. The smallest absolute Gasteiger partial charge is 0.301 e. The summed E-state index contributed by atoms with van der Waals surface area (Å²) in [6.45, 7) is 3.51. The Morgan fingerprint density at radius 2 is 2.05 bits per heavy atom. The van der Waals surface area contributed by atoms with Crippen LogP contribution in [0.4, 0.5) is 5.69 Å². The van der Waals surface area contributed by atoms with E-state index in [1.807, 2.05) is 0 Å². The van der Waals surface area contributed by atoms with Gasteiger partial charge in [-0.25, -0.2) is 0 Å². The molecule has 4 N–H and O–H groups in total. The van der Waals surface area contributed by atoms with E-state index in [0.717, 1.165) is 0 Å². The number of ether oxygens (including phenoxy) is 1. The molecular formula is C12H20N4O3S. The van der Waals surface area contributed by atoms with E-state index in [0.29, 0.717) is 5.75 Å². The fourth-order valence-corrected chi connectivity index (χ4v) is 2.68. The maximum Gasteiger partial charge on any atom is 0.301 e. The number of rotatable bonds is 6. The van der Waals surface area contributed by atoms with Crippen molar-refractivity contribution in [2.75, 3.05) is 18.9 Å². The molecule has 1 aromatic carbocycles. The average molecular weight is 300 g/mol. The fourth-order valence-electron chi connectivity index (χ4n) is 1.51. The van der Waals surface area contributed by atoms with Crippen LogP contribution in [0.3, 0.4) is 0 Å². The number of benzene rings is 1. The first-order valence-electron chi connectivity index (χ1n) is 5.98. The molecule has 1 aromatic rings. The molecule has 1 rings (SSSR count). The number of nitrogens with one attached hydrogen (secondary N) is 2. The highest BCUT2D eigenvalue weighted by Crippen LogP contribution is 2.29. The number of hydrogen-bond donors (Lipinski definition) is 3. The van der Waals surface area contributed by atoms with Crippen LogP contribution >= 0.6 is 0 Å². The summed E-state index contributed by atoms with van der Waals surface area (Å²) in [4.78, 5) is 0. The van der Waals surface area contributed by atoms with Crippen molar-refractivity contribution in [2.24, 2.45) is 5.73 Å². The third-order valence-corrected chi connectivity index (χ3v) is 4.52. The maximum atomic E-state index is 12.2. The molecule has 0 atom stereocenters. The Bertz CT molecular complexity index is 599. The van der Waals surface area contributed by atoms with E-state index in [9.17, 15) is 8.42 Å². The Kier molecular flexibility index (Phi) is 4.96. The third-order valence-electron chi connectivity index (χ3n) is 2.87. The summed E-state index contributed by atoms with van der Waals surface area (Å²) < 4.78 is 33.2. The lowest BCUT2D eigenvalue weighted by Crippen LogP contribution is -2.38. The summed E-state index contributed by atoms with van der Waals surface area (Å²) >= 11 is 0. The highest BCUT2D eigenvalue weighted by molar-refractivity contribution is 7.90. The van der Waals surface area contributed by atoms with Crippen LogP contribution in [-0.4, -0.2) is 38.8 Å². The number of anilines is 1. The summed E-state index contributed by atoms with van der Waals surface area (Å²) in [7, 11) is -0.862.